The Labute approximate surface area is 132 Å². The van der Waals surface area contributed by atoms with Gasteiger partial charge in [-0.1, -0.05) is 44.2 Å². The van der Waals surface area contributed by atoms with E-state index in [0.717, 1.165) is 5.56 Å². The molecule has 4 nitrogen and oxygen atoms in total. The maximum absolute atomic E-state index is 11.3. The summed E-state index contributed by atoms with van der Waals surface area (Å²) in [6.45, 7) is 6.82. The van der Waals surface area contributed by atoms with Crippen LogP contribution in [0.2, 0.25) is 0 Å². The van der Waals surface area contributed by atoms with E-state index in [4.69, 9.17) is 14.2 Å². The largest absolute Gasteiger partial charge is 0.374 e. The van der Waals surface area contributed by atoms with E-state index in [1.54, 1.807) is 6.92 Å². The molecule has 1 aliphatic heterocycles. The van der Waals surface area contributed by atoms with Crippen molar-refractivity contribution < 1.29 is 19.0 Å². The molecule has 2 rings (SSSR count). The third-order valence-electron chi connectivity index (χ3n) is 3.65. The molecule has 0 radical (unpaired) electrons. The predicted octanol–water partition coefficient (Wildman–Crippen LogP) is 3.34. The Morgan fingerprint density at radius 3 is 2.55 bits per heavy atom. The third kappa shape index (κ3) is 5.52. The maximum atomic E-state index is 11.3. The first-order valence-corrected chi connectivity index (χ1v) is 7.96. The molecule has 4 heteroatoms. The van der Waals surface area contributed by atoms with Gasteiger partial charge < -0.3 is 14.2 Å². The van der Waals surface area contributed by atoms with Crippen LogP contribution in [0.4, 0.5) is 0 Å². The van der Waals surface area contributed by atoms with Gasteiger partial charge in [0.15, 0.2) is 6.29 Å². The molecular weight excluding hydrogens is 280 g/mol. The number of rotatable bonds is 7. The van der Waals surface area contributed by atoms with Crippen LogP contribution in [-0.2, 0) is 25.6 Å². The van der Waals surface area contributed by atoms with E-state index < -0.39 is 0 Å². The van der Waals surface area contributed by atoms with Crippen molar-refractivity contribution >= 4 is 5.78 Å². The molecule has 1 saturated heterocycles. The van der Waals surface area contributed by atoms with E-state index in [-0.39, 0.29) is 30.2 Å². The lowest BCUT2D eigenvalue weighted by atomic mass is 10.0. The Morgan fingerprint density at radius 2 is 1.91 bits per heavy atom. The molecule has 1 aromatic carbocycles. The molecular formula is C18H26O4. The van der Waals surface area contributed by atoms with Crippen molar-refractivity contribution in [3.05, 3.63) is 35.9 Å². The number of ketones is 1. The van der Waals surface area contributed by atoms with Gasteiger partial charge in [-0.3, -0.25) is 4.79 Å². The fourth-order valence-electron chi connectivity index (χ4n) is 2.57. The Balaban J connectivity index is 1.84. The van der Waals surface area contributed by atoms with E-state index in [9.17, 15) is 4.79 Å². The monoisotopic (exact) mass is 306 g/mol. The van der Waals surface area contributed by atoms with E-state index in [0.29, 0.717) is 26.1 Å². The number of Topliss-reactive ketones (excluding diaryl/α,β-unsaturated/α-hetero) is 1. The van der Waals surface area contributed by atoms with Gasteiger partial charge in [-0.05, 0) is 12.5 Å². The maximum Gasteiger partial charge on any atom is 0.160 e. The van der Waals surface area contributed by atoms with E-state index in [2.05, 4.69) is 13.8 Å². The zero-order chi connectivity index (χ0) is 15.9. The molecule has 0 saturated carbocycles. The molecule has 0 aromatic heterocycles. The van der Waals surface area contributed by atoms with Gasteiger partial charge in [0.2, 0.25) is 0 Å². The lowest BCUT2D eigenvalue weighted by molar-refractivity contribution is -0.266. The van der Waals surface area contributed by atoms with Gasteiger partial charge in [-0.2, -0.15) is 0 Å². The zero-order valence-corrected chi connectivity index (χ0v) is 13.7. The minimum atomic E-state index is -0.261. The topological polar surface area (TPSA) is 44.8 Å². The minimum Gasteiger partial charge on any atom is -0.374 e. The summed E-state index contributed by atoms with van der Waals surface area (Å²) < 4.78 is 17.6. The van der Waals surface area contributed by atoms with Crippen LogP contribution in [0.15, 0.2) is 30.3 Å². The third-order valence-corrected chi connectivity index (χ3v) is 3.65. The molecule has 3 atom stereocenters. The van der Waals surface area contributed by atoms with Crippen LogP contribution in [0.3, 0.4) is 0 Å². The van der Waals surface area contributed by atoms with Gasteiger partial charge in [0.05, 0.1) is 25.4 Å². The molecule has 1 aromatic rings. The molecule has 22 heavy (non-hydrogen) atoms. The van der Waals surface area contributed by atoms with Crippen LogP contribution >= 0.6 is 0 Å². The van der Waals surface area contributed by atoms with Crippen LogP contribution in [0, 0.1) is 5.92 Å². The van der Waals surface area contributed by atoms with Crippen molar-refractivity contribution in [3.8, 4) is 0 Å². The summed E-state index contributed by atoms with van der Waals surface area (Å²) >= 11 is 0. The molecule has 0 amide bonds. The Morgan fingerprint density at radius 1 is 1.23 bits per heavy atom. The summed E-state index contributed by atoms with van der Waals surface area (Å²) in [5.41, 5.74) is 1.15. The minimum absolute atomic E-state index is 0.0192. The van der Waals surface area contributed by atoms with Crippen LogP contribution in [0.1, 0.15) is 39.2 Å². The number of hydrogen-bond acceptors (Lipinski definition) is 4. The number of hydrogen-bond donors (Lipinski definition) is 0. The normalized spacial score (nSPS) is 25.4. The van der Waals surface area contributed by atoms with Gasteiger partial charge >= 0.3 is 0 Å². The lowest BCUT2D eigenvalue weighted by Gasteiger charge is -2.37. The lowest BCUT2D eigenvalue weighted by Crippen LogP contribution is -2.43. The van der Waals surface area contributed by atoms with Crippen LogP contribution in [-0.4, -0.2) is 30.9 Å². The van der Waals surface area contributed by atoms with Gasteiger partial charge in [-0.25, -0.2) is 0 Å². The van der Waals surface area contributed by atoms with Crippen LogP contribution in [0.25, 0.3) is 0 Å². The number of benzene rings is 1. The summed E-state index contributed by atoms with van der Waals surface area (Å²) in [5.74, 6) is 0.407. The van der Waals surface area contributed by atoms with E-state index in [1.165, 1.54) is 0 Å². The summed E-state index contributed by atoms with van der Waals surface area (Å²) in [6, 6.07) is 10.1. The Kier molecular flexibility index (Phi) is 6.55. The first-order chi connectivity index (χ1) is 10.5. The first kappa shape index (κ1) is 17.1. The average Bonchev–Trinajstić information content (AvgIpc) is 2.47. The second-order valence-corrected chi connectivity index (χ2v) is 6.27. The molecule has 1 fully saturated rings. The van der Waals surface area contributed by atoms with Gasteiger partial charge in [0, 0.05) is 18.8 Å². The number of carbonyl (C=O) groups excluding carboxylic acids is 1. The highest BCUT2D eigenvalue weighted by Gasteiger charge is 2.32. The van der Waals surface area contributed by atoms with Crippen molar-refractivity contribution in [1.29, 1.82) is 0 Å². The molecule has 122 valence electrons. The predicted molar refractivity (Wildman–Crippen MR) is 84.4 cm³/mol. The smallest absolute Gasteiger partial charge is 0.160 e. The molecule has 0 aliphatic carbocycles. The number of carbonyl (C=O) groups is 1. The van der Waals surface area contributed by atoms with Crippen molar-refractivity contribution in [2.24, 2.45) is 5.92 Å². The van der Waals surface area contributed by atoms with Crippen molar-refractivity contribution in [2.75, 3.05) is 6.61 Å². The SMILES string of the molecule is CC(=O)C[C@@H]1C[C@H](COCc2ccccc2)O[C@H](C(C)C)O1. The van der Waals surface area contributed by atoms with E-state index in [1.807, 2.05) is 30.3 Å². The molecule has 0 bridgehead atoms. The molecule has 0 unspecified atom stereocenters. The first-order valence-electron chi connectivity index (χ1n) is 7.96. The standard InChI is InChI=1S/C18H26O4/c1-13(2)18-21-16(9-14(3)19)10-17(22-18)12-20-11-15-7-5-4-6-8-15/h4-8,13,16-18H,9-12H2,1-3H3/t16-,17-,18-/m1/s1. The summed E-state index contributed by atoms with van der Waals surface area (Å²) in [4.78, 5) is 11.3. The van der Waals surface area contributed by atoms with Crippen molar-refractivity contribution in [1.82, 2.24) is 0 Å². The fourth-order valence-corrected chi connectivity index (χ4v) is 2.57. The van der Waals surface area contributed by atoms with Crippen LogP contribution in [0.5, 0.6) is 0 Å². The molecule has 1 heterocycles. The summed E-state index contributed by atoms with van der Waals surface area (Å²) in [5, 5.41) is 0. The molecule has 0 spiro atoms. The summed E-state index contributed by atoms with van der Waals surface area (Å²) in [6.07, 6.45) is 0.806. The average molecular weight is 306 g/mol. The van der Waals surface area contributed by atoms with Gasteiger partial charge in [-0.15, -0.1) is 0 Å². The van der Waals surface area contributed by atoms with Gasteiger partial charge in [0.25, 0.3) is 0 Å². The van der Waals surface area contributed by atoms with Crippen molar-refractivity contribution in [3.63, 3.8) is 0 Å². The Hall–Kier alpha value is -1.23. The zero-order valence-electron chi connectivity index (χ0n) is 13.7. The van der Waals surface area contributed by atoms with E-state index >= 15 is 0 Å². The fraction of sp³-hybridized carbons (Fsp3) is 0.611. The number of ether oxygens (including phenoxy) is 3. The molecule has 1 aliphatic rings. The van der Waals surface area contributed by atoms with Crippen LogP contribution < -0.4 is 0 Å². The quantitative estimate of drug-likeness (QED) is 0.775. The second kappa shape index (κ2) is 8.42. The highest BCUT2D eigenvalue weighted by atomic mass is 16.7. The van der Waals surface area contributed by atoms with Gasteiger partial charge in [0.1, 0.15) is 5.78 Å². The van der Waals surface area contributed by atoms with Crippen molar-refractivity contribution in [2.45, 2.75) is 58.7 Å². The second-order valence-electron chi connectivity index (χ2n) is 6.27. The summed E-state index contributed by atoms with van der Waals surface area (Å²) in [7, 11) is 0. The molecule has 0 N–H and O–H groups in total. The highest BCUT2D eigenvalue weighted by Crippen LogP contribution is 2.25. The Bertz CT molecular complexity index is 457. The highest BCUT2D eigenvalue weighted by molar-refractivity contribution is 5.75.